The number of carbonyl (C=O) groups excluding carboxylic acids is 2. The Hall–Kier alpha value is -3.22. The van der Waals surface area contributed by atoms with Gasteiger partial charge in [-0.2, -0.15) is 5.10 Å². The molecule has 0 spiro atoms. The summed E-state index contributed by atoms with van der Waals surface area (Å²) in [6.45, 7) is 0. The lowest BCUT2D eigenvalue weighted by Gasteiger charge is -2.04. The van der Waals surface area contributed by atoms with Gasteiger partial charge in [0.05, 0.1) is 13.3 Å². The van der Waals surface area contributed by atoms with E-state index in [-0.39, 0.29) is 30.5 Å². The molecule has 2 amide bonds. The number of methoxy groups -OCH3 is 1. The van der Waals surface area contributed by atoms with Crippen LogP contribution in [0, 0.1) is 5.82 Å². The van der Waals surface area contributed by atoms with Gasteiger partial charge in [-0.1, -0.05) is 12.1 Å². The third-order valence-corrected chi connectivity index (χ3v) is 3.20. The fourth-order valence-corrected chi connectivity index (χ4v) is 1.94. The van der Waals surface area contributed by atoms with Gasteiger partial charge >= 0.3 is 0 Å². The molecule has 0 saturated carbocycles. The number of hydrazone groups is 1. The molecule has 0 aromatic heterocycles. The second kappa shape index (κ2) is 9.17. The molecule has 0 fully saturated rings. The van der Waals surface area contributed by atoms with E-state index < -0.39 is 0 Å². The highest BCUT2D eigenvalue weighted by molar-refractivity contribution is 5.93. The van der Waals surface area contributed by atoms with Crippen LogP contribution in [-0.2, 0) is 9.59 Å². The van der Waals surface area contributed by atoms with Crippen molar-refractivity contribution in [1.82, 2.24) is 5.43 Å². The summed E-state index contributed by atoms with van der Waals surface area (Å²) in [7, 11) is 1.56. The van der Waals surface area contributed by atoms with Crippen LogP contribution < -0.4 is 15.5 Å². The predicted molar refractivity (Wildman–Crippen MR) is 93.0 cm³/mol. The van der Waals surface area contributed by atoms with Gasteiger partial charge in [0, 0.05) is 18.5 Å². The zero-order valence-corrected chi connectivity index (χ0v) is 13.7. The molecule has 130 valence electrons. The second-order valence-electron chi connectivity index (χ2n) is 5.12. The van der Waals surface area contributed by atoms with E-state index in [4.69, 9.17) is 4.74 Å². The van der Waals surface area contributed by atoms with Crippen molar-refractivity contribution >= 4 is 23.7 Å². The third kappa shape index (κ3) is 6.42. The van der Waals surface area contributed by atoms with Crippen molar-refractivity contribution in [2.24, 2.45) is 5.10 Å². The summed E-state index contributed by atoms with van der Waals surface area (Å²) in [6, 6.07) is 12.6. The molecule has 0 aliphatic heterocycles. The highest BCUT2D eigenvalue weighted by Gasteiger charge is 2.06. The fraction of sp³-hybridized carbons (Fsp3) is 0.167. The number of carbonyl (C=O) groups is 2. The van der Waals surface area contributed by atoms with Crippen molar-refractivity contribution in [3.63, 3.8) is 0 Å². The van der Waals surface area contributed by atoms with E-state index in [1.165, 1.54) is 30.5 Å². The van der Waals surface area contributed by atoms with Gasteiger partial charge in [0.15, 0.2) is 0 Å². The molecule has 0 unspecified atom stereocenters. The molecular weight excluding hydrogens is 325 g/mol. The first-order chi connectivity index (χ1) is 12.1. The maximum atomic E-state index is 12.8. The number of ether oxygens (including phenoxy) is 1. The van der Waals surface area contributed by atoms with Gasteiger partial charge in [-0.05, 0) is 42.0 Å². The number of amides is 2. The third-order valence-electron chi connectivity index (χ3n) is 3.20. The molecular formula is C18H18FN3O3. The Morgan fingerprint density at radius 3 is 2.56 bits per heavy atom. The summed E-state index contributed by atoms with van der Waals surface area (Å²) in [5.41, 5.74) is 3.60. The van der Waals surface area contributed by atoms with E-state index >= 15 is 0 Å². The van der Waals surface area contributed by atoms with E-state index in [2.05, 4.69) is 15.8 Å². The van der Waals surface area contributed by atoms with Crippen molar-refractivity contribution in [1.29, 1.82) is 0 Å². The molecule has 25 heavy (non-hydrogen) atoms. The first-order valence-corrected chi connectivity index (χ1v) is 7.58. The average molecular weight is 343 g/mol. The van der Waals surface area contributed by atoms with Gasteiger partial charge in [0.2, 0.25) is 11.8 Å². The lowest BCUT2D eigenvalue weighted by molar-refractivity contribution is -0.124. The summed E-state index contributed by atoms with van der Waals surface area (Å²) < 4.78 is 17.9. The summed E-state index contributed by atoms with van der Waals surface area (Å²) in [5, 5.41) is 6.42. The fourth-order valence-electron chi connectivity index (χ4n) is 1.94. The molecule has 0 aliphatic carbocycles. The lowest BCUT2D eigenvalue weighted by atomic mass is 10.2. The Morgan fingerprint density at radius 1 is 1.12 bits per heavy atom. The van der Waals surface area contributed by atoms with Crippen LogP contribution in [0.4, 0.5) is 10.1 Å². The van der Waals surface area contributed by atoms with Crippen molar-refractivity contribution in [3.05, 3.63) is 59.9 Å². The minimum Gasteiger partial charge on any atom is -0.497 e. The lowest BCUT2D eigenvalue weighted by Crippen LogP contribution is -2.20. The van der Waals surface area contributed by atoms with E-state index in [9.17, 15) is 14.0 Å². The molecule has 2 aromatic rings. The SMILES string of the molecule is COc1cccc(/C=N\NC(=O)CCC(=O)Nc2ccc(F)cc2)c1. The van der Waals surface area contributed by atoms with Gasteiger partial charge in [0.1, 0.15) is 11.6 Å². The summed E-state index contributed by atoms with van der Waals surface area (Å²) in [6.07, 6.45) is 1.47. The van der Waals surface area contributed by atoms with Crippen molar-refractivity contribution in [2.75, 3.05) is 12.4 Å². The van der Waals surface area contributed by atoms with Crippen molar-refractivity contribution < 1.29 is 18.7 Å². The number of hydrogen-bond donors (Lipinski definition) is 2. The van der Waals surface area contributed by atoms with Crippen LogP contribution in [0.1, 0.15) is 18.4 Å². The van der Waals surface area contributed by atoms with Gasteiger partial charge < -0.3 is 10.1 Å². The van der Waals surface area contributed by atoms with E-state index in [0.29, 0.717) is 11.4 Å². The molecule has 2 N–H and O–H groups in total. The Labute approximate surface area is 144 Å². The average Bonchev–Trinajstić information content (AvgIpc) is 2.62. The first kappa shape index (κ1) is 18.1. The van der Waals surface area contributed by atoms with Gasteiger partial charge in [0.25, 0.3) is 0 Å². The van der Waals surface area contributed by atoms with Crippen LogP contribution in [0.2, 0.25) is 0 Å². The Bertz CT molecular complexity index is 760. The monoisotopic (exact) mass is 343 g/mol. The van der Waals surface area contributed by atoms with E-state index in [1.807, 2.05) is 12.1 Å². The minimum atomic E-state index is -0.383. The maximum absolute atomic E-state index is 12.8. The van der Waals surface area contributed by atoms with Crippen LogP contribution in [-0.4, -0.2) is 25.1 Å². The van der Waals surface area contributed by atoms with Crippen LogP contribution in [0.3, 0.4) is 0 Å². The Kier molecular flexibility index (Phi) is 6.65. The molecule has 2 aromatic carbocycles. The number of anilines is 1. The highest BCUT2D eigenvalue weighted by atomic mass is 19.1. The Balaban J connectivity index is 1.73. The zero-order valence-electron chi connectivity index (χ0n) is 13.7. The van der Waals surface area contributed by atoms with E-state index in [1.54, 1.807) is 19.2 Å². The van der Waals surface area contributed by atoms with Crippen LogP contribution in [0.5, 0.6) is 5.75 Å². The summed E-state index contributed by atoms with van der Waals surface area (Å²) in [4.78, 5) is 23.4. The molecule has 2 rings (SSSR count). The standard InChI is InChI=1S/C18H18FN3O3/c1-25-16-4-2-3-13(11-16)12-20-22-18(24)10-9-17(23)21-15-7-5-14(19)6-8-15/h2-8,11-12H,9-10H2,1H3,(H,21,23)(H,22,24)/b20-12-. The zero-order chi connectivity index (χ0) is 18.1. The number of benzene rings is 2. The van der Waals surface area contributed by atoms with Gasteiger partial charge in [-0.25, -0.2) is 9.82 Å². The van der Waals surface area contributed by atoms with Crippen LogP contribution in [0.25, 0.3) is 0 Å². The molecule has 7 heteroatoms. The molecule has 0 bridgehead atoms. The van der Waals surface area contributed by atoms with E-state index in [0.717, 1.165) is 5.56 Å². The van der Waals surface area contributed by atoms with Crippen molar-refractivity contribution in [2.45, 2.75) is 12.8 Å². The number of nitrogens with zero attached hydrogens (tertiary/aromatic N) is 1. The normalized spacial score (nSPS) is 10.5. The largest absolute Gasteiger partial charge is 0.497 e. The maximum Gasteiger partial charge on any atom is 0.240 e. The van der Waals surface area contributed by atoms with Crippen LogP contribution >= 0.6 is 0 Å². The second-order valence-corrected chi connectivity index (χ2v) is 5.12. The quantitative estimate of drug-likeness (QED) is 0.599. The summed E-state index contributed by atoms with van der Waals surface area (Å²) in [5.74, 6) is -0.411. The number of halogens is 1. The molecule has 0 heterocycles. The van der Waals surface area contributed by atoms with Crippen molar-refractivity contribution in [3.8, 4) is 5.75 Å². The minimum absolute atomic E-state index is 0.00209. The molecule has 6 nitrogen and oxygen atoms in total. The predicted octanol–water partition coefficient (Wildman–Crippen LogP) is 2.70. The number of nitrogens with one attached hydrogen (secondary N) is 2. The number of hydrogen-bond acceptors (Lipinski definition) is 4. The molecule has 0 saturated heterocycles. The molecule has 0 radical (unpaired) electrons. The first-order valence-electron chi connectivity index (χ1n) is 7.58. The smallest absolute Gasteiger partial charge is 0.240 e. The number of rotatable bonds is 7. The van der Waals surface area contributed by atoms with Gasteiger partial charge in [-0.3, -0.25) is 9.59 Å². The summed E-state index contributed by atoms with van der Waals surface area (Å²) >= 11 is 0. The molecule has 0 aliphatic rings. The van der Waals surface area contributed by atoms with Gasteiger partial charge in [-0.15, -0.1) is 0 Å². The Morgan fingerprint density at radius 2 is 1.84 bits per heavy atom. The van der Waals surface area contributed by atoms with Crippen LogP contribution in [0.15, 0.2) is 53.6 Å². The molecule has 0 atom stereocenters. The topological polar surface area (TPSA) is 79.8 Å². The highest BCUT2D eigenvalue weighted by Crippen LogP contribution is 2.11.